The van der Waals surface area contributed by atoms with E-state index in [2.05, 4.69) is 11.0 Å². The van der Waals surface area contributed by atoms with E-state index in [1.54, 1.807) is 0 Å². The summed E-state index contributed by atoms with van der Waals surface area (Å²) in [7, 11) is 0. The molecule has 0 aromatic carbocycles. The molecule has 2 fully saturated rings. The highest BCUT2D eigenvalue weighted by Crippen LogP contribution is 2.21. The second kappa shape index (κ2) is 7.92. The number of hydrogen-bond acceptors (Lipinski definition) is 4. The molecule has 24 heavy (non-hydrogen) atoms. The molecule has 3 amide bonds. The Morgan fingerprint density at radius 1 is 0.917 bits per heavy atom. The van der Waals surface area contributed by atoms with Crippen molar-refractivity contribution >= 4 is 17.7 Å². The summed E-state index contributed by atoms with van der Waals surface area (Å²) in [6.07, 6.45) is 8.18. The molecule has 0 atom stereocenters. The number of rotatable bonds is 5. The molecule has 0 aromatic heterocycles. The summed E-state index contributed by atoms with van der Waals surface area (Å²) in [4.78, 5) is 41.2. The van der Waals surface area contributed by atoms with Crippen molar-refractivity contribution in [3.8, 4) is 0 Å². The Kier molecular flexibility index (Phi) is 5.66. The number of carbonyl (C=O) groups is 3. The standard InChI is InChI=1S/C18H27N3O3/c22-16-6-7-17(23)21(16)13-10-19-8-11-20(12-9-19)18(24)14-15-4-2-1-3-5-15/h4H,1-3,5-14H2. The molecule has 0 radical (unpaired) electrons. The molecule has 2 heterocycles. The smallest absolute Gasteiger partial charge is 0.229 e. The van der Waals surface area contributed by atoms with Crippen molar-refractivity contribution in [2.45, 2.75) is 44.9 Å². The molecule has 0 unspecified atom stereocenters. The summed E-state index contributed by atoms with van der Waals surface area (Å²) in [5.41, 5.74) is 1.31. The summed E-state index contributed by atoms with van der Waals surface area (Å²) < 4.78 is 0. The fourth-order valence-corrected chi connectivity index (χ4v) is 3.71. The Hall–Kier alpha value is -1.69. The lowest BCUT2D eigenvalue weighted by Crippen LogP contribution is -2.50. The Morgan fingerprint density at radius 2 is 1.62 bits per heavy atom. The van der Waals surface area contributed by atoms with Crippen LogP contribution < -0.4 is 0 Å². The van der Waals surface area contributed by atoms with Gasteiger partial charge in [-0.25, -0.2) is 0 Å². The predicted molar refractivity (Wildman–Crippen MR) is 90.1 cm³/mol. The topological polar surface area (TPSA) is 60.9 Å². The first-order valence-electron chi connectivity index (χ1n) is 9.15. The Labute approximate surface area is 143 Å². The van der Waals surface area contributed by atoms with Crippen LogP contribution in [0.15, 0.2) is 11.6 Å². The molecule has 132 valence electrons. The number of piperazine rings is 1. The van der Waals surface area contributed by atoms with E-state index >= 15 is 0 Å². The third-order valence-corrected chi connectivity index (χ3v) is 5.28. The van der Waals surface area contributed by atoms with Gasteiger partial charge in [-0.15, -0.1) is 0 Å². The van der Waals surface area contributed by atoms with Crippen molar-refractivity contribution in [1.29, 1.82) is 0 Å². The average Bonchev–Trinajstić information content (AvgIpc) is 2.92. The summed E-state index contributed by atoms with van der Waals surface area (Å²) >= 11 is 0. The monoisotopic (exact) mass is 333 g/mol. The van der Waals surface area contributed by atoms with Crippen LogP contribution >= 0.6 is 0 Å². The van der Waals surface area contributed by atoms with Gasteiger partial charge >= 0.3 is 0 Å². The van der Waals surface area contributed by atoms with E-state index in [4.69, 9.17) is 0 Å². The normalized spacial score (nSPS) is 22.9. The zero-order valence-corrected chi connectivity index (χ0v) is 14.3. The highest BCUT2D eigenvalue weighted by molar-refractivity contribution is 6.01. The highest BCUT2D eigenvalue weighted by Gasteiger charge is 2.29. The maximum Gasteiger partial charge on any atom is 0.229 e. The van der Waals surface area contributed by atoms with Gasteiger partial charge in [-0.05, 0) is 25.7 Å². The van der Waals surface area contributed by atoms with E-state index in [9.17, 15) is 14.4 Å². The Morgan fingerprint density at radius 3 is 2.25 bits per heavy atom. The number of imide groups is 1. The molecule has 0 bridgehead atoms. The van der Waals surface area contributed by atoms with Gasteiger partial charge in [-0.3, -0.25) is 24.2 Å². The van der Waals surface area contributed by atoms with Crippen LogP contribution in [0, 0.1) is 0 Å². The van der Waals surface area contributed by atoms with Crippen LogP contribution in [0.2, 0.25) is 0 Å². The van der Waals surface area contributed by atoms with Gasteiger partial charge in [0.25, 0.3) is 0 Å². The van der Waals surface area contributed by atoms with Crippen LogP contribution in [-0.4, -0.2) is 71.7 Å². The number of likely N-dealkylation sites (tertiary alicyclic amines) is 1. The van der Waals surface area contributed by atoms with E-state index in [1.807, 2.05) is 4.90 Å². The minimum atomic E-state index is -0.0467. The van der Waals surface area contributed by atoms with Crippen molar-refractivity contribution in [3.63, 3.8) is 0 Å². The van der Waals surface area contributed by atoms with Gasteiger partial charge < -0.3 is 4.90 Å². The van der Waals surface area contributed by atoms with Gasteiger partial charge in [0.05, 0.1) is 0 Å². The van der Waals surface area contributed by atoms with Gasteiger partial charge in [-0.2, -0.15) is 0 Å². The number of hydrogen-bond donors (Lipinski definition) is 0. The first kappa shape index (κ1) is 17.1. The molecule has 3 rings (SSSR count). The van der Waals surface area contributed by atoms with Crippen LogP contribution in [0.1, 0.15) is 44.9 Å². The number of amides is 3. The van der Waals surface area contributed by atoms with Crippen LogP contribution in [0.5, 0.6) is 0 Å². The molecule has 3 aliphatic rings. The summed E-state index contributed by atoms with van der Waals surface area (Å²) in [6, 6.07) is 0. The second-order valence-corrected chi connectivity index (χ2v) is 6.95. The average molecular weight is 333 g/mol. The molecule has 6 nitrogen and oxygen atoms in total. The SMILES string of the molecule is O=C(CC1=CCCCC1)N1CCN(CCN2C(=O)CCC2=O)CC1. The van der Waals surface area contributed by atoms with Gasteiger partial charge in [0.1, 0.15) is 0 Å². The van der Waals surface area contributed by atoms with E-state index in [-0.39, 0.29) is 17.7 Å². The van der Waals surface area contributed by atoms with Crippen molar-refractivity contribution in [2.24, 2.45) is 0 Å². The molecular weight excluding hydrogens is 306 g/mol. The summed E-state index contributed by atoms with van der Waals surface area (Å²) in [5.74, 6) is 0.150. The van der Waals surface area contributed by atoms with Crippen molar-refractivity contribution in [2.75, 3.05) is 39.3 Å². The minimum absolute atomic E-state index is 0.0467. The molecule has 0 aromatic rings. The zero-order chi connectivity index (χ0) is 16.9. The first-order chi connectivity index (χ1) is 11.6. The van der Waals surface area contributed by atoms with Crippen LogP contribution in [-0.2, 0) is 14.4 Å². The van der Waals surface area contributed by atoms with Crippen LogP contribution in [0.3, 0.4) is 0 Å². The van der Waals surface area contributed by atoms with Crippen LogP contribution in [0.4, 0.5) is 0 Å². The second-order valence-electron chi connectivity index (χ2n) is 6.95. The predicted octanol–water partition coefficient (Wildman–Crippen LogP) is 1.17. The lowest BCUT2D eigenvalue weighted by Gasteiger charge is -2.35. The first-order valence-corrected chi connectivity index (χ1v) is 9.15. The molecule has 0 spiro atoms. The van der Waals surface area contributed by atoms with Crippen LogP contribution in [0.25, 0.3) is 0 Å². The molecular formula is C18H27N3O3. The lowest BCUT2D eigenvalue weighted by atomic mass is 9.97. The molecule has 6 heteroatoms. The number of carbonyl (C=O) groups excluding carboxylic acids is 3. The third-order valence-electron chi connectivity index (χ3n) is 5.28. The maximum atomic E-state index is 12.4. The Balaban J connectivity index is 1.39. The van der Waals surface area contributed by atoms with Gasteiger partial charge in [-0.1, -0.05) is 11.6 Å². The molecule has 2 aliphatic heterocycles. The van der Waals surface area contributed by atoms with E-state index < -0.39 is 0 Å². The molecule has 0 saturated carbocycles. The third kappa shape index (κ3) is 4.23. The maximum absolute atomic E-state index is 12.4. The van der Waals surface area contributed by atoms with Gasteiger partial charge in [0, 0.05) is 58.5 Å². The number of allylic oxidation sites excluding steroid dienone is 1. The summed E-state index contributed by atoms with van der Waals surface area (Å²) in [6.45, 7) is 4.33. The largest absolute Gasteiger partial charge is 0.340 e. The van der Waals surface area contributed by atoms with Crippen molar-refractivity contribution in [1.82, 2.24) is 14.7 Å². The van der Waals surface area contributed by atoms with Gasteiger partial charge in [0.15, 0.2) is 0 Å². The Bertz CT molecular complexity index is 520. The summed E-state index contributed by atoms with van der Waals surface area (Å²) in [5, 5.41) is 0. The fraction of sp³-hybridized carbons (Fsp3) is 0.722. The van der Waals surface area contributed by atoms with Gasteiger partial charge in [0.2, 0.25) is 17.7 Å². The molecule has 2 saturated heterocycles. The van der Waals surface area contributed by atoms with Crippen molar-refractivity contribution in [3.05, 3.63) is 11.6 Å². The lowest BCUT2D eigenvalue weighted by molar-refractivity contribution is -0.138. The minimum Gasteiger partial charge on any atom is -0.340 e. The zero-order valence-electron chi connectivity index (χ0n) is 14.3. The van der Waals surface area contributed by atoms with E-state index in [0.29, 0.717) is 32.4 Å². The molecule has 1 aliphatic carbocycles. The van der Waals surface area contributed by atoms with E-state index in [0.717, 1.165) is 39.0 Å². The number of nitrogens with zero attached hydrogens (tertiary/aromatic N) is 3. The fourth-order valence-electron chi connectivity index (χ4n) is 3.71. The van der Waals surface area contributed by atoms with E-state index in [1.165, 1.54) is 23.3 Å². The quantitative estimate of drug-likeness (QED) is 0.560. The van der Waals surface area contributed by atoms with Crippen molar-refractivity contribution < 1.29 is 14.4 Å². The highest BCUT2D eigenvalue weighted by atomic mass is 16.2. The molecule has 0 N–H and O–H groups in total.